The van der Waals surface area contributed by atoms with Crippen LogP contribution in [0.2, 0.25) is 0 Å². The van der Waals surface area contributed by atoms with Gasteiger partial charge in [-0.15, -0.1) is 0 Å². The molecule has 2 heterocycles. The fourth-order valence-corrected chi connectivity index (χ4v) is 2.57. The van der Waals surface area contributed by atoms with Crippen molar-refractivity contribution in [2.75, 3.05) is 6.54 Å². The number of rotatable bonds is 3. The first-order valence-electron chi connectivity index (χ1n) is 6.52. The van der Waals surface area contributed by atoms with E-state index >= 15 is 0 Å². The molecule has 1 aliphatic heterocycles. The van der Waals surface area contributed by atoms with Crippen LogP contribution in [0.3, 0.4) is 0 Å². The monoisotopic (exact) mass is 244 g/mol. The number of hydrogen-bond acceptors (Lipinski definition) is 3. The molecule has 0 spiro atoms. The van der Waals surface area contributed by atoms with Gasteiger partial charge in [0.25, 0.3) is 0 Å². The third-order valence-corrected chi connectivity index (χ3v) is 3.53. The van der Waals surface area contributed by atoms with Gasteiger partial charge in [-0.2, -0.15) is 10.4 Å². The molecular weight excluding hydrogens is 224 g/mol. The minimum atomic E-state index is 0.413. The highest BCUT2D eigenvalue weighted by Crippen LogP contribution is 2.22. The predicted octanol–water partition coefficient (Wildman–Crippen LogP) is 2.25. The lowest BCUT2D eigenvalue weighted by atomic mass is 10.1. The summed E-state index contributed by atoms with van der Waals surface area (Å²) in [5, 5.41) is 13.5. The summed E-state index contributed by atoms with van der Waals surface area (Å²) in [6, 6.07) is 2.21. The fourth-order valence-electron chi connectivity index (χ4n) is 2.57. The van der Waals surface area contributed by atoms with E-state index in [1.807, 2.05) is 6.92 Å². The fraction of sp³-hybridized carbons (Fsp3) is 0.571. The molecule has 1 aromatic rings. The first kappa shape index (κ1) is 12.7. The number of aromatic nitrogens is 2. The number of aryl methyl sites for hydroxylation is 1. The van der Waals surface area contributed by atoms with Crippen molar-refractivity contribution in [1.29, 1.82) is 5.26 Å². The van der Waals surface area contributed by atoms with Gasteiger partial charge in [0.15, 0.2) is 0 Å². The summed E-state index contributed by atoms with van der Waals surface area (Å²) < 4.78 is 2.09. The van der Waals surface area contributed by atoms with Crippen LogP contribution in [-0.4, -0.2) is 21.2 Å². The van der Waals surface area contributed by atoms with Crippen molar-refractivity contribution >= 4 is 0 Å². The average Bonchev–Trinajstić information content (AvgIpc) is 2.53. The van der Waals surface area contributed by atoms with Crippen LogP contribution in [0.4, 0.5) is 0 Å². The van der Waals surface area contributed by atoms with Gasteiger partial charge in [0, 0.05) is 18.8 Å². The zero-order chi connectivity index (χ0) is 13.1. The molecule has 0 saturated carbocycles. The molecule has 2 rings (SSSR count). The molecule has 0 radical (unpaired) electrons. The molecule has 4 heteroatoms. The highest BCUT2D eigenvalue weighted by Gasteiger charge is 2.21. The molecule has 0 fully saturated rings. The van der Waals surface area contributed by atoms with Gasteiger partial charge >= 0.3 is 0 Å². The molecule has 0 unspecified atom stereocenters. The number of hydrogen-bond donors (Lipinski definition) is 0. The zero-order valence-corrected chi connectivity index (χ0v) is 11.2. The molecule has 0 atom stereocenters. The Morgan fingerprint density at radius 3 is 2.89 bits per heavy atom. The van der Waals surface area contributed by atoms with Crippen molar-refractivity contribution in [3.8, 4) is 6.07 Å². The van der Waals surface area contributed by atoms with Crippen molar-refractivity contribution in [3.63, 3.8) is 0 Å². The molecule has 18 heavy (non-hydrogen) atoms. The molecule has 0 aliphatic carbocycles. The summed E-state index contributed by atoms with van der Waals surface area (Å²) in [7, 11) is 0. The molecule has 0 aromatic carbocycles. The maximum atomic E-state index is 8.87. The summed E-state index contributed by atoms with van der Waals surface area (Å²) in [4.78, 5) is 2.30. The largest absolute Gasteiger partial charge is 0.370 e. The summed E-state index contributed by atoms with van der Waals surface area (Å²) in [6.45, 7) is 11.1. The summed E-state index contributed by atoms with van der Waals surface area (Å²) in [5.41, 5.74) is 4.58. The van der Waals surface area contributed by atoms with E-state index < -0.39 is 0 Å². The Labute approximate surface area is 109 Å². The van der Waals surface area contributed by atoms with Crippen LogP contribution in [0.1, 0.15) is 37.2 Å². The second-order valence-corrected chi connectivity index (χ2v) is 4.79. The number of allylic oxidation sites excluding steroid dienone is 1. The van der Waals surface area contributed by atoms with E-state index in [0.717, 1.165) is 43.9 Å². The lowest BCUT2D eigenvalue weighted by Gasteiger charge is -2.22. The maximum Gasteiger partial charge on any atom is 0.0800 e. The van der Waals surface area contributed by atoms with Crippen LogP contribution in [0.5, 0.6) is 0 Å². The van der Waals surface area contributed by atoms with Gasteiger partial charge in [0.05, 0.1) is 30.4 Å². The standard InChI is InChI=1S/C14H20N4/c1-4-12-13(6-7-15)16-18-9-5-8-17(11(2)3)10-14(12)18/h2,4-6,8-10H2,1,3H3. The highest BCUT2D eigenvalue weighted by atomic mass is 15.3. The van der Waals surface area contributed by atoms with E-state index in [0.29, 0.717) is 6.42 Å². The number of nitriles is 1. The van der Waals surface area contributed by atoms with E-state index in [2.05, 4.69) is 34.3 Å². The Kier molecular flexibility index (Phi) is 3.71. The Balaban J connectivity index is 2.39. The van der Waals surface area contributed by atoms with E-state index in [4.69, 9.17) is 5.26 Å². The summed E-state index contributed by atoms with van der Waals surface area (Å²) in [6.07, 6.45) is 2.43. The van der Waals surface area contributed by atoms with Crippen LogP contribution in [-0.2, 0) is 25.9 Å². The van der Waals surface area contributed by atoms with Gasteiger partial charge in [-0.25, -0.2) is 0 Å². The highest BCUT2D eigenvalue weighted by molar-refractivity contribution is 5.29. The predicted molar refractivity (Wildman–Crippen MR) is 70.8 cm³/mol. The Hall–Kier alpha value is -1.76. The lowest BCUT2D eigenvalue weighted by molar-refractivity contribution is 0.343. The minimum Gasteiger partial charge on any atom is -0.370 e. The van der Waals surface area contributed by atoms with Gasteiger partial charge in [-0.05, 0) is 25.3 Å². The van der Waals surface area contributed by atoms with Gasteiger partial charge in [0.1, 0.15) is 0 Å². The SMILES string of the molecule is C=C(C)N1CCCn2nc(CC#N)c(CC)c2C1. The van der Waals surface area contributed by atoms with E-state index in [1.165, 1.54) is 11.3 Å². The van der Waals surface area contributed by atoms with Crippen LogP contribution < -0.4 is 0 Å². The van der Waals surface area contributed by atoms with Gasteiger partial charge in [-0.3, -0.25) is 4.68 Å². The minimum absolute atomic E-state index is 0.413. The van der Waals surface area contributed by atoms with Gasteiger partial charge < -0.3 is 4.90 Å². The molecule has 0 amide bonds. The summed E-state index contributed by atoms with van der Waals surface area (Å²) >= 11 is 0. The second kappa shape index (κ2) is 5.26. The lowest BCUT2D eigenvalue weighted by Crippen LogP contribution is -2.21. The van der Waals surface area contributed by atoms with Crippen molar-refractivity contribution in [2.24, 2.45) is 0 Å². The molecule has 1 aromatic heterocycles. The molecular formula is C14H20N4. The third-order valence-electron chi connectivity index (χ3n) is 3.53. The topological polar surface area (TPSA) is 44.9 Å². The van der Waals surface area contributed by atoms with Crippen LogP contribution in [0.15, 0.2) is 12.3 Å². The van der Waals surface area contributed by atoms with Crippen molar-refractivity contribution in [3.05, 3.63) is 29.2 Å². The second-order valence-electron chi connectivity index (χ2n) is 4.79. The van der Waals surface area contributed by atoms with E-state index in [-0.39, 0.29) is 0 Å². The van der Waals surface area contributed by atoms with Crippen LogP contribution in [0.25, 0.3) is 0 Å². The Morgan fingerprint density at radius 2 is 2.28 bits per heavy atom. The molecule has 1 aliphatic rings. The number of nitrogens with zero attached hydrogens (tertiary/aromatic N) is 4. The zero-order valence-electron chi connectivity index (χ0n) is 11.2. The molecule has 0 saturated heterocycles. The van der Waals surface area contributed by atoms with Crippen LogP contribution in [0, 0.1) is 11.3 Å². The molecule has 4 nitrogen and oxygen atoms in total. The molecule has 0 N–H and O–H groups in total. The maximum absolute atomic E-state index is 8.87. The quantitative estimate of drug-likeness (QED) is 0.819. The normalized spacial score (nSPS) is 14.8. The van der Waals surface area contributed by atoms with Gasteiger partial charge in [0.2, 0.25) is 0 Å². The first-order valence-corrected chi connectivity index (χ1v) is 6.52. The first-order chi connectivity index (χ1) is 8.67. The number of fused-ring (bicyclic) bond motifs is 1. The smallest absolute Gasteiger partial charge is 0.0800 e. The summed E-state index contributed by atoms with van der Waals surface area (Å²) in [5.74, 6) is 0. The Morgan fingerprint density at radius 1 is 1.50 bits per heavy atom. The molecule has 96 valence electrons. The van der Waals surface area contributed by atoms with E-state index in [9.17, 15) is 0 Å². The third kappa shape index (κ3) is 2.26. The van der Waals surface area contributed by atoms with Crippen molar-refractivity contribution < 1.29 is 0 Å². The van der Waals surface area contributed by atoms with Crippen LogP contribution >= 0.6 is 0 Å². The molecule has 0 bridgehead atoms. The van der Waals surface area contributed by atoms with Crippen molar-refractivity contribution in [1.82, 2.24) is 14.7 Å². The van der Waals surface area contributed by atoms with E-state index in [1.54, 1.807) is 0 Å². The van der Waals surface area contributed by atoms with Gasteiger partial charge in [-0.1, -0.05) is 13.5 Å². The Bertz CT molecular complexity index is 493. The average molecular weight is 244 g/mol. The van der Waals surface area contributed by atoms with Crippen molar-refractivity contribution in [2.45, 2.75) is 46.2 Å².